The van der Waals surface area contributed by atoms with Crippen LogP contribution in [0.2, 0.25) is 0 Å². The lowest BCUT2D eigenvalue weighted by molar-refractivity contribution is 0.0655. The lowest BCUT2D eigenvalue weighted by Gasteiger charge is -2.34. The van der Waals surface area contributed by atoms with Crippen molar-refractivity contribution >= 4 is 0 Å². The van der Waals surface area contributed by atoms with Crippen LogP contribution in [-0.4, -0.2) is 76.0 Å². The summed E-state index contributed by atoms with van der Waals surface area (Å²) in [6, 6.07) is 0. The third kappa shape index (κ3) is 5.80. The van der Waals surface area contributed by atoms with Gasteiger partial charge in [0.25, 0.3) is 0 Å². The third-order valence-electron chi connectivity index (χ3n) is 2.98. The Labute approximate surface area is 99.5 Å². The first-order chi connectivity index (χ1) is 7.86. The predicted molar refractivity (Wildman–Crippen MR) is 65.9 cm³/mol. The summed E-state index contributed by atoms with van der Waals surface area (Å²) in [6.07, 6.45) is 1.12. The van der Waals surface area contributed by atoms with Gasteiger partial charge in [-0.3, -0.25) is 9.80 Å². The van der Waals surface area contributed by atoms with Crippen molar-refractivity contribution in [3.05, 3.63) is 0 Å². The fourth-order valence-electron chi connectivity index (χ4n) is 1.90. The van der Waals surface area contributed by atoms with E-state index in [2.05, 4.69) is 16.7 Å². The summed E-state index contributed by atoms with van der Waals surface area (Å²) >= 11 is 0. The zero-order chi connectivity index (χ0) is 11.6. The van der Waals surface area contributed by atoms with E-state index in [4.69, 9.17) is 9.47 Å². The van der Waals surface area contributed by atoms with E-state index in [9.17, 15) is 0 Å². The highest BCUT2D eigenvalue weighted by Crippen LogP contribution is 2.01. The Hall–Kier alpha value is -0.160. The van der Waals surface area contributed by atoms with E-state index >= 15 is 0 Å². The van der Waals surface area contributed by atoms with E-state index in [0.29, 0.717) is 0 Å². The maximum absolute atomic E-state index is 5.50. The van der Waals surface area contributed by atoms with E-state index in [1.54, 1.807) is 7.11 Å². The first-order valence-electron chi connectivity index (χ1n) is 6.38. The minimum atomic E-state index is 0.847. The number of hydrogen-bond donors (Lipinski definition) is 0. The van der Waals surface area contributed by atoms with Gasteiger partial charge in [-0.2, -0.15) is 0 Å². The first-order valence-corrected chi connectivity index (χ1v) is 6.38. The molecule has 0 aromatic heterocycles. The van der Waals surface area contributed by atoms with Crippen LogP contribution in [-0.2, 0) is 9.47 Å². The molecule has 0 atom stereocenters. The topological polar surface area (TPSA) is 24.9 Å². The molecule has 1 rings (SSSR count). The number of piperazine rings is 1. The van der Waals surface area contributed by atoms with Crippen molar-refractivity contribution < 1.29 is 9.47 Å². The Bertz CT molecular complexity index is 159. The van der Waals surface area contributed by atoms with Crippen molar-refractivity contribution in [3.8, 4) is 0 Å². The fourth-order valence-corrected chi connectivity index (χ4v) is 1.90. The molecule has 0 saturated carbocycles. The highest BCUT2D eigenvalue weighted by molar-refractivity contribution is 4.71. The van der Waals surface area contributed by atoms with Gasteiger partial charge in [0, 0.05) is 53.0 Å². The molecule has 1 aliphatic heterocycles. The van der Waals surface area contributed by atoms with Crippen molar-refractivity contribution in [2.45, 2.75) is 13.3 Å². The normalized spacial score (nSPS) is 19.1. The molecule has 1 saturated heterocycles. The summed E-state index contributed by atoms with van der Waals surface area (Å²) in [7, 11) is 1.77. The average molecular weight is 230 g/mol. The molecule has 4 heteroatoms. The summed E-state index contributed by atoms with van der Waals surface area (Å²) < 4.78 is 10.6. The van der Waals surface area contributed by atoms with Gasteiger partial charge in [-0.25, -0.2) is 0 Å². The van der Waals surface area contributed by atoms with Gasteiger partial charge in [-0.1, -0.05) is 6.92 Å². The van der Waals surface area contributed by atoms with E-state index < -0.39 is 0 Å². The number of hydrogen-bond acceptors (Lipinski definition) is 4. The maximum atomic E-state index is 5.50. The number of rotatable bonds is 8. The monoisotopic (exact) mass is 230 g/mol. The van der Waals surface area contributed by atoms with Gasteiger partial charge in [-0.05, 0) is 6.42 Å². The first kappa shape index (κ1) is 13.9. The zero-order valence-electron chi connectivity index (χ0n) is 10.8. The molecule has 0 radical (unpaired) electrons. The Balaban J connectivity index is 1.98. The molecular formula is C12H26N2O2. The van der Waals surface area contributed by atoms with Crippen LogP contribution in [0.25, 0.3) is 0 Å². The molecule has 0 aliphatic carbocycles. The van der Waals surface area contributed by atoms with Crippen molar-refractivity contribution in [3.63, 3.8) is 0 Å². The van der Waals surface area contributed by atoms with Gasteiger partial charge >= 0.3 is 0 Å². The lowest BCUT2D eigenvalue weighted by atomic mass is 10.3. The van der Waals surface area contributed by atoms with Crippen LogP contribution < -0.4 is 0 Å². The van der Waals surface area contributed by atoms with Crippen LogP contribution in [0.5, 0.6) is 0 Å². The third-order valence-corrected chi connectivity index (χ3v) is 2.98. The zero-order valence-corrected chi connectivity index (χ0v) is 10.8. The molecule has 1 heterocycles. The van der Waals surface area contributed by atoms with Gasteiger partial charge in [0.15, 0.2) is 0 Å². The minimum absolute atomic E-state index is 0.847. The summed E-state index contributed by atoms with van der Waals surface area (Å²) in [6.45, 7) is 11.6. The van der Waals surface area contributed by atoms with E-state index in [-0.39, 0.29) is 0 Å². The van der Waals surface area contributed by atoms with E-state index in [0.717, 1.165) is 52.4 Å². The van der Waals surface area contributed by atoms with Crippen molar-refractivity contribution in [1.82, 2.24) is 9.80 Å². The SMILES string of the molecule is CCCOCCN1CCN(CCOC)CC1. The van der Waals surface area contributed by atoms with Gasteiger partial charge in [0.2, 0.25) is 0 Å². The van der Waals surface area contributed by atoms with Crippen LogP contribution in [0.4, 0.5) is 0 Å². The highest BCUT2D eigenvalue weighted by atomic mass is 16.5. The molecule has 1 aliphatic rings. The molecule has 96 valence electrons. The number of methoxy groups -OCH3 is 1. The maximum Gasteiger partial charge on any atom is 0.0593 e. The van der Waals surface area contributed by atoms with Crippen molar-refractivity contribution in [2.75, 3.05) is 66.2 Å². The molecular weight excluding hydrogens is 204 g/mol. The largest absolute Gasteiger partial charge is 0.383 e. The summed E-state index contributed by atoms with van der Waals surface area (Å²) in [5.41, 5.74) is 0. The number of nitrogens with zero attached hydrogens (tertiary/aromatic N) is 2. The van der Waals surface area contributed by atoms with Gasteiger partial charge < -0.3 is 9.47 Å². The molecule has 16 heavy (non-hydrogen) atoms. The summed E-state index contributed by atoms with van der Waals surface area (Å²) in [5.74, 6) is 0. The van der Waals surface area contributed by atoms with Crippen LogP contribution in [0, 0.1) is 0 Å². The Morgan fingerprint density at radius 3 is 1.94 bits per heavy atom. The smallest absolute Gasteiger partial charge is 0.0593 e. The summed E-state index contributed by atoms with van der Waals surface area (Å²) in [5, 5.41) is 0. The second kappa shape index (κ2) is 8.93. The van der Waals surface area contributed by atoms with E-state index in [1.165, 1.54) is 13.1 Å². The van der Waals surface area contributed by atoms with Crippen molar-refractivity contribution in [1.29, 1.82) is 0 Å². The molecule has 1 fully saturated rings. The quantitative estimate of drug-likeness (QED) is 0.572. The Kier molecular flexibility index (Phi) is 7.76. The molecule has 0 bridgehead atoms. The van der Waals surface area contributed by atoms with Crippen LogP contribution >= 0.6 is 0 Å². The minimum Gasteiger partial charge on any atom is -0.383 e. The van der Waals surface area contributed by atoms with Crippen LogP contribution in [0.3, 0.4) is 0 Å². The number of ether oxygens (including phenoxy) is 2. The second-order valence-corrected chi connectivity index (χ2v) is 4.29. The van der Waals surface area contributed by atoms with Gasteiger partial charge in [0.05, 0.1) is 13.2 Å². The molecule has 0 N–H and O–H groups in total. The fraction of sp³-hybridized carbons (Fsp3) is 1.00. The molecule has 4 nitrogen and oxygen atoms in total. The molecule has 0 aromatic rings. The average Bonchev–Trinajstić information content (AvgIpc) is 2.33. The van der Waals surface area contributed by atoms with Crippen molar-refractivity contribution in [2.24, 2.45) is 0 Å². The molecule has 0 aromatic carbocycles. The van der Waals surface area contributed by atoms with Gasteiger partial charge in [0.1, 0.15) is 0 Å². The van der Waals surface area contributed by atoms with Crippen LogP contribution in [0.1, 0.15) is 13.3 Å². The lowest BCUT2D eigenvalue weighted by Crippen LogP contribution is -2.48. The molecule has 0 amide bonds. The second-order valence-electron chi connectivity index (χ2n) is 4.29. The van der Waals surface area contributed by atoms with E-state index in [1.807, 2.05) is 0 Å². The highest BCUT2D eigenvalue weighted by Gasteiger charge is 2.15. The predicted octanol–water partition coefficient (Wildman–Crippen LogP) is 0.677. The standard InChI is InChI=1S/C12H26N2O2/c1-3-10-16-12-9-14-6-4-13(5-7-14)8-11-15-2/h3-12H2,1-2H3. The van der Waals surface area contributed by atoms with Gasteiger partial charge in [-0.15, -0.1) is 0 Å². The summed E-state index contributed by atoms with van der Waals surface area (Å²) in [4.78, 5) is 4.95. The van der Waals surface area contributed by atoms with Crippen LogP contribution in [0.15, 0.2) is 0 Å². The molecule has 0 spiro atoms. The Morgan fingerprint density at radius 2 is 1.44 bits per heavy atom. The molecule has 0 unspecified atom stereocenters. The Morgan fingerprint density at radius 1 is 0.875 bits per heavy atom.